The first kappa shape index (κ1) is 15.8. The van der Waals surface area contributed by atoms with Gasteiger partial charge in [-0.3, -0.25) is 0 Å². The van der Waals surface area contributed by atoms with E-state index in [-0.39, 0.29) is 12.2 Å². The van der Waals surface area contributed by atoms with Crippen LogP contribution in [0.5, 0.6) is 5.75 Å². The first-order valence-corrected chi connectivity index (χ1v) is 7.59. The lowest BCUT2D eigenvalue weighted by Crippen LogP contribution is -2.16. The topological polar surface area (TPSA) is 65.7 Å². The van der Waals surface area contributed by atoms with Crippen LogP contribution in [0.4, 0.5) is 0 Å². The first-order valence-electron chi connectivity index (χ1n) is 7.59. The number of rotatable bonds is 5. The lowest BCUT2D eigenvalue weighted by atomic mass is 10.1. The van der Waals surface area contributed by atoms with Crippen LogP contribution in [0.25, 0.3) is 11.0 Å². The van der Waals surface area contributed by atoms with Gasteiger partial charge in [-0.05, 0) is 24.6 Å². The summed E-state index contributed by atoms with van der Waals surface area (Å²) in [4.78, 5) is 23.8. The summed E-state index contributed by atoms with van der Waals surface area (Å²) in [6.45, 7) is 2.22. The van der Waals surface area contributed by atoms with Crippen molar-refractivity contribution in [3.63, 3.8) is 0 Å². The maximum absolute atomic E-state index is 12.1. The molecule has 0 atom stereocenters. The van der Waals surface area contributed by atoms with E-state index in [0.717, 1.165) is 5.56 Å². The fraction of sp³-hybridized carbons (Fsp3) is 0.158. The van der Waals surface area contributed by atoms with Gasteiger partial charge < -0.3 is 13.9 Å². The minimum Gasteiger partial charge on any atom is -0.485 e. The molecule has 24 heavy (non-hydrogen) atoms. The average molecular weight is 324 g/mol. The Morgan fingerprint density at radius 1 is 1.08 bits per heavy atom. The third-order valence-corrected chi connectivity index (χ3v) is 3.46. The van der Waals surface area contributed by atoms with Gasteiger partial charge in [0.2, 0.25) is 0 Å². The Bertz CT molecular complexity index is 912. The van der Waals surface area contributed by atoms with Crippen LogP contribution < -0.4 is 10.4 Å². The first-order chi connectivity index (χ1) is 11.7. The van der Waals surface area contributed by atoms with E-state index in [2.05, 4.69) is 0 Å². The number of para-hydroxylation sites is 1. The molecular weight excluding hydrogens is 308 g/mol. The minimum atomic E-state index is -0.739. The molecule has 122 valence electrons. The number of benzene rings is 2. The van der Waals surface area contributed by atoms with Crippen LogP contribution in [0.1, 0.15) is 22.8 Å². The van der Waals surface area contributed by atoms with E-state index in [0.29, 0.717) is 23.3 Å². The molecule has 0 radical (unpaired) electrons. The van der Waals surface area contributed by atoms with Crippen molar-refractivity contribution in [1.29, 1.82) is 0 Å². The molecule has 0 aliphatic rings. The zero-order valence-electron chi connectivity index (χ0n) is 13.2. The number of hydrogen-bond acceptors (Lipinski definition) is 5. The minimum absolute atomic E-state index is 0.121. The molecular formula is C19H16O5. The molecule has 5 heteroatoms. The maximum Gasteiger partial charge on any atom is 0.351 e. The molecule has 3 aromatic rings. The van der Waals surface area contributed by atoms with Gasteiger partial charge in [-0.25, -0.2) is 9.59 Å². The number of ether oxygens (including phenoxy) is 2. The van der Waals surface area contributed by atoms with Crippen LogP contribution in [-0.4, -0.2) is 12.6 Å². The van der Waals surface area contributed by atoms with Gasteiger partial charge in [0.15, 0.2) is 11.3 Å². The summed E-state index contributed by atoms with van der Waals surface area (Å²) in [6, 6.07) is 16.4. The normalized spacial score (nSPS) is 10.5. The van der Waals surface area contributed by atoms with Gasteiger partial charge in [-0.15, -0.1) is 0 Å². The lowest BCUT2D eigenvalue weighted by Gasteiger charge is -2.09. The van der Waals surface area contributed by atoms with Crippen LogP contribution >= 0.6 is 0 Å². The fourth-order valence-electron chi connectivity index (χ4n) is 2.32. The van der Waals surface area contributed by atoms with Gasteiger partial charge >= 0.3 is 11.6 Å². The van der Waals surface area contributed by atoms with Gasteiger partial charge in [-0.1, -0.05) is 42.5 Å². The molecule has 5 nitrogen and oxygen atoms in total. The SMILES string of the molecule is CCOC(=O)c1cc2cccc(OCc3ccccc3)c2oc1=O. The van der Waals surface area contributed by atoms with Crippen LogP contribution in [0.2, 0.25) is 0 Å². The second kappa shape index (κ2) is 7.00. The molecule has 0 fully saturated rings. The number of carbonyl (C=O) groups is 1. The van der Waals surface area contributed by atoms with E-state index in [1.165, 1.54) is 6.07 Å². The summed E-state index contributed by atoms with van der Waals surface area (Å²) < 4.78 is 15.9. The highest BCUT2D eigenvalue weighted by Crippen LogP contribution is 2.26. The van der Waals surface area contributed by atoms with Crippen molar-refractivity contribution >= 4 is 16.9 Å². The van der Waals surface area contributed by atoms with Crippen LogP contribution in [0, 0.1) is 0 Å². The largest absolute Gasteiger partial charge is 0.485 e. The molecule has 0 saturated heterocycles. The van der Waals surface area contributed by atoms with E-state index in [4.69, 9.17) is 13.9 Å². The van der Waals surface area contributed by atoms with Crippen molar-refractivity contribution in [1.82, 2.24) is 0 Å². The maximum atomic E-state index is 12.1. The summed E-state index contributed by atoms with van der Waals surface area (Å²) in [5.74, 6) is -0.243. The average Bonchev–Trinajstić information content (AvgIpc) is 2.60. The van der Waals surface area contributed by atoms with Crippen molar-refractivity contribution in [3.05, 3.63) is 76.1 Å². The van der Waals surface area contributed by atoms with Crippen LogP contribution in [0.15, 0.2) is 63.8 Å². The molecule has 2 aromatic carbocycles. The second-order valence-electron chi connectivity index (χ2n) is 5.12. The van der Waals surface area contributed by atoms with Crippen molar-refractivity contribution in [2.45, 2.75) is 13.5 Å². The summed E-state index contributed by atoms with van der Waals surface area (Å²) in [7, 11) is 0. The molecule has 0 aliphatic heterocycles. The molecule has 0 unspecified atom stereocenters. The second-order valence-corrected chi connectivity index (χ2v) is 5.12. The van der Waals surface area contributed by atoms with Crippen molar-refractivity contribution < 1.29 is 18.7 Å². The Balaban J connectivity index is 1.94. The highest BCUT2D eigenvalue weighted by atomic mass is 16.5. The van der Waals surface area contributed by atoms with Gasteiger partial charge in [0, 0.05) is 5.39 Å². The Morgan fingerprint density at radius 3 is 2.62 bits per heavy atom. The van der Waals surface area contributed by atoms with Crippen molar-refractivity contribution in [2.75, 3.05) is 6.61 Å². The quantitative estimate of drug-likeness (QED) is 0.530. The molecule has 3 rings (SSSR count). The number of hydrogen-bond donors (Lipinski definition) is 0. The third kappa shape index (κ3) is 3.30. The smallest absolute Gasteiger partial charge is 0.351 e. The summed E-state index contributed by atoms with van der Waals surface area (Å²) in [5.41, 5.74) is 0.452. The third-order valence-electron chi connectivity index (χ3n) is 3.46. The Hall–Kier alpha value is -3.08. The van der Waals surface area contributed by atoms with Crippen molar-refractivity contribution in [2.24, 2.45) is 0 Å². The number of fused-ring (bicyclic) bond motifs is 1. The molecule has 0 saturated carbocycles. The Labute approximate surface area is 138 Å². The summed E-state index contributed by atoms with van der Waals surface area (Å²) in [5, 5.41) is 0.600. The van der Waals surface area contributed by atoms with E-state index < -0.39 is 11.6 Å². The summed E-state index contributed by atoms with van der Waals surface area (Å²) >= 11 is 0. The Kier molecular flexibility index (Phi) is 4.61. The van der Waals surface area contributed by atoms with Gasteiger partial charge in [0.1, 0.15) is 12.2 Å². The molecule has 0 aliphatic carbocycles. The fourth-order valence-corrected chi connectivity index (χ4v) is 2.32. The van der Waals surface area contributed by atoms with Crippen molar-refractivity contribution in [3.8, 4) is 5.75 Å². The van der Waals surface area contributed by atoms with E-state index >= 15 is 0 Å². The molecule has 0 amide bonds. The van der Waals surface area contributed by atoms with Crippen LogP contribution in [-0.2, 0) is 11.3 Å². The predicted molar refractivity (Wildman–Crippen MR) is 89.2 cm³/mol. The monoisotopic (exact) mass is 324 g/mol. The van der Waals surface area contributed by atoms with E-state index in [9.17, 15) is 9.59 Å². The highest BCUT2D eigenvalue weighted by Gasteiger charge is 2.16. The van der Waals surface area contributed by atoms with E-state index in [1.807, 2.05) is 30.3 Å². The zero-order valence-corrected chi connectivity index (χ0v) is 13.2. The Morgan fingerprint density at radius 2 is 1.88 bits per heavy atom. The number of esters is 1. The van der Waals surface area contributed by atoms with Gasteiger partial charge in [0.25, 0.3) is 0 Å². The van der Waals surface area contributed by atoms with E-state index in [1.54, 1.807) is 25.1 Å². The lowest BCUT2D eigenvalue weighted by molar-refractivity contribution is 0.0521. The summed E-state index contributed by atoms with van der Waals surface area (Å²) in [6.07, 6.45) is 0. The van der Waals surface area contributed by atoms with Gasteiger partial charge in [0.05, 0.1) is 6.61 Å². The molecule has 0 bridgehead atoms. The zero-order chi connectivity index (χ0) is 16.9. The van der Waals surface area contributed by atoms with Crippen LogP contribution in [0.3, 0.4) is 0 Å². The molecule has 1 aromatic heterocycles. The molecule has 0 spiro atoms. The molecule has 1 heterocycles. The standard InChI is InChI=1S/C19H16O5/c1-2-22-18(20)15-11-14-9-6-10-16(17(14)24-19(15)21)23-12-13-7-4-3-5-8-13/h3-11H,2,12H2,1H3. The highest BCUT2D eigenvalue weighted by molar-refractivity contribution is 5.93. The number of carbonyl (C=O) groups excluding carboxylic acids is 1. The van der Waals surface area contributed by atoms with Gasteiger partial charge in [-0.2, -0.15) is 0 Å². The molecule has 0 N–H and O–H groups in total. The predicted octanol–water partition coefficient (Wildman–Crippen LogP) is 3.55.